The number of likely N-dealkylation sites (tertiary alicyclic amines) is 1. The Morgan fingerprint density at radius 3 is 2.48 bits per heavy atom. The number of benzene rings is 1. The number of aliphatic carboxylic acids is 1. The first kappa shape index (κ1) is 17.2. The van der Waals surface area contributed by atoms with Crippen molar-refractivity contribution in [2.75, 3.05) is 13.1 Å². The molecule has 0 aromatic heterocycles. The number of rotatable bonds is 4. The molecule has 0 saturated carbocycles. The molecule has 1 heterocycles. The van der Waals surface area contributed by atoms with Gasteiger partial charge in [0.1, 0.15) is 6.04 Å². The third-order valence-corrected chi connectivity index (χ3v) is 3.99. The largest absolute Gasteiger partial charge is 0.481 e. The van der Waals surface area contributed by atoms with Crippen LogP contribution >= 0.6 is 0 Å². The number of halogens is 2. The van der Waals surface area contributed by atoms with Crippen LogP contribution in [-0.4, -0.2) is 41.5 Å². The lowest BCUT2D eigenvalue weighted by Crippen LogP contribution is -2.50. The van der Waals surface area contributed by atoms with Crippen LogP contribution < -0.4 is 5.32 Å². The Hall–Kier alpha value is -2.18. The molecule has 0 bridgehead atoms. The van der Waals surface area contributed by atoms with Crippen molar-refractivity contribution in [3.05, 3.63) is 35.9 Å². The van der Waals surface area contributed by atoms with Crippen LogP contribution in [0.5, 0.6) is 0 Å². The fraction of sp³-hybridized carbons (Fsp3) is 0.500. The number of nitrogens with one attached hydrogen (secondary N) is 1. The minimum absolute atomic E-state index is 0.0114. The van der Waals surface area contributed by atoms with Gasteiger partial charge in [0.15, 0.2) is 0 Å². The number of nitrogens with zero attached hydrogens (tertiary/aromatic N) is 1. The molecule has 0 spiro atoms. The van der Waals surface area contributed by atoms with E-state index in [0.717, 1.165) is 0 Å². The average Bonchev–Trinajstić information content (AvgIpc) is 2.52. The molecular weight excluding hydrogens is 306 g/mol. The molecule has 1 aromatic rings. The Morgan fingerprint density at radius 1 is 1.26 bits per heavy atom. The van der Waals surface area contributed by atoms with Crippen molar-refractivity contribution >= 4 is 12.0 Å². The van der Waals surface area contributed by atoms with Crippen molar-refractivity contribution in [2.45, 2.75) is 25.8 Å². The van der Waals surface area contributed by atoms with Gasteiger partial charge < -0.3 is 15.3 Å². The highest BCUT2D eigenvalue weighted by Gasteiger charge is 2.34. The molecule has 1 saturated heterocycles. The number of hydrogen-bond acceptors (Lipinski definition) is 2. The normalized spacial score (nSPS) is 22.7. The van der Waals surface area contributed by atoms with Crippen molar-refractivity contribution in [2.24, 2.45) is 11.8 Å². The quantitative estimate of drug-likeness (QED) is 0.894. The van der Waals surface area contributed by atoms with Gasteiger partial charge in [0, 0.05) is 13.1 Å². The van der Waals surface area contributed by atoms with E-state index in [-0.39, 0.29) is 12.5 Å². The zero-order valence-corrected chi connectivity index (χ0v) is 12.8. The lowest BCUT2D eigenvalue weighted by atomic mass is 9.91. The molecule has 1 aliphatic rings. The second kappa shape index (κ2) is 7.39. The molecule has 2 rings (SSSR count). The number of alkyl halides is 2. The van der Waals surface area contributed by atoms with Crippen molar-refractivity contribution < 1.29 is 23.5 Å². The first-order valence-corrected chi connectivity index (χ1v) is 7.49. The lowest BCUT2D eigenvalue weighted by Gasteiger charge is -2.35. The number of carboxylic acids is 1. The first-order chi connectivity index (χ1) is 10.9. The van der Waals surface area contributed by atoms with E-state index in [4.69, 9.17) is 5.11 Å². The number of carbonyl (C=O) groups excluding carboxylic acids is 1. The zero-order valence-electron chi connectivity index (χ0n) is 12.8. The van der Waals surface area contributed by atoms with Gasteiger partial charge in [0.25, 0.3) is 6.43 Å². The summed E-state index contributed by atoms with van der Waals surface area (Å²) >= 11 is 0. The minimum Gasteiger partial charge on any atom is -0.481 e. The number of hydrogen-bond donors (Lipinski definition) is 2. The summed E-state index contributed by atoms with van der Waals surface area (Å²) in [6.45, 7) is 2.24. The van der Waals surface area contributed by atoms with Gasteiger partial charge in [0.05, 0.1) is 5.92 Å². The second-order valence-corrected chi connectivity index (χ2v) is 5.95. The number of amides is 2. The predicted molar refractivity (Wildman–Crippen MR) is 80.2 cm³/mol. The van der Waals surface area contributed by atoms with Crippen LogP contribution in [0.4, 0.5) is 13.6 Å². The maximum Gasteiger partial charge on any atom is 0.318 e. The highest BCUT2D eigenvalue weighted by atomic mass is 19.3. The summed E-state index contributed by atoms with van der Waals surface area (Å²) in [5.74, 6) is -1.62. The third-order valence-electron chi connectivity index (χ3n) is 3.99. The summed E-state index contributed by atoms with van der Waals surface area (Å²) in [6, 6.07) is 5.94. The van der Waals surface area contributed by atoms with Gasteiger partial charge in [-0.25, -0.2) is 13.6 Å². The van der Waals surface area contributed by atoms with E-state index in [1.807, 2.05) is 6.92 Å². The number of urea groups is 1. The number of carbonyl (C=O) groups is 2. The van der Waals surface area contributed by atoms with Crippen molar-refractivity contribution in [1.29, 1.82) is 0 Å². The van der Waals surface area contributed by atoms with E-state index in [1.54, 1.807) is 18.2 Å². The van der Waals surface area contributed by atoms with E-state index >= 15 is 0 Å². The van der Waals surface area contributed by atoms with Crippen molar-refractivity contribution in [3.8, 4) is 0 Å². The molecule has 0 radical (unpaired) electrons. The topological polar surface area (TPSA) is 69.6 Å². The standard InChI is InChI=1S/C16H20F2N2O3/c1-10-7-12(15(21)22)9-20(8-10)16(23)19-13(14(17)18)11-5-3-2-4-6-11/h2-6,10,12-14H,7-9H2,1H3,(H,19,23)(H,21,22). The SMILES string of the molecule is CC1CC(C(=O)O)CN(C(=O)NC(c2ccccc2)C(F)F)C1. The van der Waals surface area contributed by atoms with Crippen LogP contribution in [0.1, 0.15) is 24.9 Å². The van der Waals surface area contributed by atoms with Gasteiger partial charge in [-0.2, -0.15) is 0 Å². The molecule has 23 heavy (non-hydrogen) atoms. The summed E-state index contributed by atoms with van der Waals surface area (Å²) in [4.78, 5) is 24.7. The zero-order chi connectivity index (χ0) is 17.0. The van der Waals surface area contributed by atoms with Crippen LogP contribution in [0.2, 0.25) is 0 Å². The van der Waals surface area contributed by atoms with E-state index in [1.165, 1.54) is 17.0 Å². The van der Waals surface area contributed by atoms with E-state index in [2.05, 4.69) is 5.32 Å². The van der Waals surface area contributed by atoms with E-state index in [0.29, 0.717) is 18.5 Å². The maximum atomic E-state index is 13.3. The van der Waals surface area contributed by atoms with Gasteiger partial charge in [-0.1, -0.05) is 37.3 Å². The van der Waals surface area contributed by atoms with Crippen LogP contribution in [0, 0.1) is 11.8 Å². The fourth-order valence-corrected chi connectivity index (χ4v) is 2.87. The van der Waals surface area contributed by atoms with Gasteiger partial charge in [-0.15, -0.1) is 0 Å². The molecule has 3 atom stereocenters. The number of carboxylic acid groups (broad SMARTS) is 1. The molecule has 7 heteroatoms. The molecule has 1 aromatic carbocycles. The molecule has 2 N–H and O–H groups in total. The Labute approximate surface area is 133 Å². The van der Waals surface area contributed by atoms with E-state index in [9.17, 15) is 18.4 Å². The van der Waals surface area contributed by atoms with E-state index < -0.39 is 30.4 Å². The summed E-state index contributed by atoms with van der Waals surface area (Å²) < 4.78 is 26.5. The summed E-state index contributed by atoms with van der Waals surface area (Å²) in [5, 5.41) is 11.5. The van der Waals surface area contributed by atoms with Crippen LogP contribution in [0.15, 0.2) is 30.3 Å². The Bertz CT molecular complexity index is 554. The highest BCUT2D eigenvalue weighted by molar-refractivity contribution is 5.77. The molecule has 2 amide bonds. The lowest BCUT2D eigenvalue weighted by molar-refractivity contribution is -0.143. The summed E-state index contributed by atoms with van der Waals surface area (Å²) in [6.07, 6.45) is -2.27. The molecule has 3 unspecified atom stereocenters. The molecule has 0 aliphatic carbocycles. The summed E-state index contributed by atoms with van der Waals surface area (Å²) in [5.41, 5.74) is 0.315. The van der Waals surface area contributed by atoms with Gasteiger partial charge >= 0.3 is 12.0 Å². The second-order valence-electron chi connectivity index (χ2n) is 5.95. The number of piperidine rings is 1. The Morgan fingerprint density at radius 2 is 1.91 bits per heavy atom. The molecular formula is C16H20F2N2O3. The van der Waals surface area contributed by atoms with Crippen LogP contribution in [-0.2, 0) is 4.79 Å². The Kier molecular flexibility index (Phi) is 5.52. The summed E-state index contributed by atoms with van der Waals surface area (Å²) in [7, 11) is 0. The van der Waals surface area contributed by atoms with Crippen molar-refractivity contribution in [1.82, 2.24) is 10.2 Å². The fourth-order valence-electron chi connectivity index (χ4n) is 2.87. The van der Waals surface area contributed by atoms with Gasteiger partial charge in [-0.05, 0) is 17.9 Å². The molecule has 5 nitrogen and oxygen atoms in total. The van der Waals surface area contributed by atoms with Crippen LogP contribution in [0.25, 0.3) is 0 Å². The smallest absolute Gasteiger partial charge is 0.318 e. The maximum absolute atomic E-state index is 13.3. The highest BCUT2D eigenvalue weighted by Crippen LogP contribution is 2.24. The monoisotopic (exact) mass is 326 g/mol. The Balaban J connectivity index is 2.08. The van der Waals surface area contributed by atoms with Gasteiger partial charge in [-0.3, -0.25) is 4.79 Å². The molecule has 1 fully saturated rings. The molecule has 126 valence electrons. The van der Waals surface area contributed by atoms with Crippen LogP contribution in [0.3, 0.4) is 0 Å². The first-order valence-electron chi connectivity index (χ1n) is 7.49. The van der Waals surface area contributed by atoms with Crippen molar-refractivity contribution in [3.63, 3.8) is 0 Å². The predicted octanol–water partition coefficient (Wildman–Crippen LogP) is 2.75. The molecule has 1 aliphatic heterocycles. The van der Waals surface area contributed by atoms with Gasteiger partial charge in [0.2, 0.25) is 0 Å². The minimum atomic E-state index is -2.75. The third kappa shape index (κ3) is 4.40. The average molecular weight is 326 g/mol.